The molecule has 3 rings (SSSR count). The second-order valence-corrected chi connectivity index (χ2v) is 4.97. The van der Waals surface area contributed by atoms with Crippen molar-refractivity contribution in [1.29, 1.82) is 0 Å². The van der Waals surface area contributed by atoms with Gasteiger partial charge in [-0.1, -0.05) is 25.1 Å². The van der Waals surface area contributed by atoms with Crippen molar-refractivity contribution >= 4 is 0 Å². The average Bonchev–Trinajstić information content (AvgIpc) is 2.77. The first-order valence-corrected chi connectivity index (χ1v) is 6.44. The van der Waals surface area contributed by atoms with Crippen LogP contribution in [0.5, 0.6) is 5.75 Å². The lowest BCUT2D eigenvalue weighted by Gasteiger charge is -2.20. The molecule has 0 spiro atoms. The second-order valence-electron chi connectivity index (χ2n) is 4.97. The molecule has 1 aromatic carbocycles. The van der Waals surface area contributed by atoms with Gasteiger partial charge >= 0.3 is 0 Å². The minimum Gasteiger partial charge on any atom is -0.508 e. The lowest BCUT2D eigenvalue weighted by molar-refractivity contribution is 0.452. The number of hydrogen-bond acceptors (Lipinski definition) is 3. The summed E-state index contributed by atoms with van der Waals surface area (Å²) in [5.41, 5.74) is 0.908. The summed E-state index contributed by atoms with van der Waals surface area (Å²) in [4.78, 5) is 0. The fourth-order valence-electron chi connectivity index (χ4n) is 2.60. The number of rotatable bonds is 2. The SMILES string of the molecule is CC1CCCn2c(Cc3ccccc3O)nnc21. The molecule has 0 fully saturated rings. The molecule has 4 nitrogen and oxygen atoms in total. The van der Waals surface area contributed by atoms with Gasteiger partial charge in [-0.15, -0.1) is 10.2 Å². The fourth-order valence-corrected chi connectivity index (χ4v) is 2.60. The first kappa shape index (κ1) is 11.3. The van der Waals surface area contributed by atoms with Gasteiger partial charge in [-0.25, -0.2) is 0 Å². The highest BCUT2D eigenvalue weighted by Crippen LogP contribution is 2.27. The van der Waals surface area contributed by atoms with Gasteiger partial charge in [-0.3, -0.25) is 0 Å². The van der Waals surface area contributed by atoms with Crippen LogP contribution in [0, 0.1) is 0 Å². The Kier molecular flexibility index (Phi) is 2.78. The Morgan fingerprint density at radius 2 is 2.17 bits per heavy atom. The van der Waals surface area contributed by atoms with Gasteiger partial charge in [0.15, 0.2) is 0 Å². The summed E-state index contributed by atoms with van der Waals surface area (Å²) >= 11 is 0. The van der Waals surface area contributed by atoms with Crippen LogP contribution in [-0.2, 0) is 13.0 Å². The zero-order chi connectivity index (χ0) is 12.5. The summed E-state index contributed by atoms with van der Waals surface area (Å²) < 4.78 is 2.21. The molecule has 0 radical (unpaired) electrons. The molecule has 1 N–H and O–H groups in total. The van der Waals surface area contributed by atoms with E-state index < -0.39 is 0 Å². The molecule has 1 atom stereocenters. The van der Waals surface area contributed by atoms with Gasteiger partial charge in [-0.2, -0.15) is 0 Å². The van der Waals surface area contributed by atoms with Crippen molar-refractivity contribution in [2.45, 2.75) is 38.6 Å². The molecule has 1 aromatic heterocycles. The molecule has 0 saturated carbocycles. The summed E-state index contributed by atoms with van der Waals surface area (Å²) in [5, 5.41) is 18.4. The zero-order valence-corrected chi connectivity index (χ0v) is 10.5. The van der Waals surface area contributed by atoms with Gasteiger partial charge in [0, 0.05) is 24.4 Å². The molecule has 94 valence electrons. The van der Waals surface area contributed by atoms with E-state index in [1.165, 1.54) is 12.8 Å². The molecule has 2 aromatic rings. The Morgan fingerprint density at radius 3 is 3.00 bits per heavy atom. The highest BCUT2D eigenvalue weighted by Gasteiger charge is 2.22. The minimum absolute atomic E-state index is 0.332. The largest absolute Gasteiger partial charge is 0.508 e. The maximum atomic E-state index is 9.81. The van der Waals surface area contributed by atoms with Crippen LogP contribution in [0.3, 0.4) is 0 Å². The predicted molar refractivity (Wildman–Crippen MR) is 68.6 cm³/mol. The van der Waals surface area contributed by atoms with E-state index in [-0.39, 0.29) is 0 Å². The molecule has 0 aliphatic carbocycles. The molecule has 0 amide bonds. The molecule has 1 aliphatic heterocycles. The van der Waals surface area contributed by atoms with Crippen molar-refractivity contribution in [2.75, 3.05) is 0 Å². The minimum atomic E-state index is 0.332. The number of para-hydroxylation sites is 1. The number of nitrogens with zero attached hydrogens (tertiary/aromatic N) is 3. The smallest absolute Gasteiger partial charge is 0.137 e. The van der Waals surface area contributed by atoms with Crippen molar-refractivity contribution < 1.29 is 5.11 Å². The molecule has 18 heavy (non-hydrogen) atoms. The van der Waals surface area contributed by atoms with E-state index in [1.54, 1.807) is 6.07 Å². The zero-order valence-electron chi connectivity index (χ0n) is 10.5. The van der Waals surface area contributed by atoms with Crippen LogP contribution >= 0.6 is 0 Å². The van der Waals surface area contributed by atoms with E-state index in [0.29, 0.717) is 18.1 Å². The Morgan fingerprint density at radius 1 is 1.33 bits per heavy atom. The van der Waals surface area contributed by atoms with Gasteiger partial charge in [0.05, 0.1) is 0 Å². The molecule has 2 heterocycles. The number of fused-ring (bicyclic) bond motifs is 1. The lowest BCUT2D eigenvalue weighted by atomic mass is 10.0. The third kappa shape index (κ3) is 1.88. The summed E-state index contributed by atoms with van der Waals surface area (Å²) in [6, 6.07) is 7.42. The van der Waals surface area contributed by atoms with Crippen LogP contribution in [0.4, 0.5) is 0 Å². The maximum Gasteiger partial charge on any atom is 0.137 e. The van der Waals surface area contributed by atoms with Crippen LogP contribution in [0.25, 0.3) is 0 Å². The normalized spacial score (nSPS) is 18.6. The van der Waals surface area contributed by atoms with Gasteiger partial charge in [-0.05, 0) is 18.9 Å². The van der Waals surface area contributed by atoms with E-state index in [0.717, 1.165) is 23.8 Å². The Labute approximate surface area is 106 Å². The van der Waals surface area contributed by atoms with E-state index in [9.17, 15) is 5.11 Å². The van der Waals surface area contributed by atoms with Crippen LogP contribution < -0.4 is 0 Å². The summed E-state index contributed by atoms with van der Waals surface area (Å²) in [6.07, 6.45) is 3.01. The number of phenols is 1. The topological polar surface area (TPSA) is 50.9 Å². The third-order valence-electron chi connectivity index (χ3n) is 3.66. The van der Waals surface area contributed by atoms with Crippen molar-refractivity contribution in [3.05, 3.63) is 41.5 Å². The predicted octanol–water partition coefficient (Wildman–Crippen LogP) is 2.47. The highest BCUT2D eigenvalue weighted by molar-refractivity contribution is 5.34. The summed E-state index contributed by atoms with van der Waals surface area (Å²) in [6.45, 7) is 3.19. The standard InChI is InChI=1S/C14H17N3O/c1-10-5-4-8-17-13(15-16-14(10)17)9-11-6-2-3-7-12(11)18/h2-3,6-7,10,18H,4-5,8-9H2,1H3. The Bertz CT molecular complexity index is 562. The second kappa shape index (κ2) is 4.44. The molecule has 0 bridgehead atoms. The van der Waals surface area contributed by atoms with E-state index in [1.807, 2.05) is 18.2 Å². The van der Waals surface area contributed by atoms with Crippen molar-refractivity contribution in [2.24, 2.45) is 0 Å². The van der Waals surface area contributed by atoms with E-state index >= 15 is 0 Å². The summed E-state index contributed by atoms with van der Waals surface area (Å²) in [5.74, 6) is 2.87. The molecule has 1 aliphatic rings. The number of benzene rings is 1. The van der Waals surface area contributed by atoms with Gasteiger partial charge in [0.25, 0.3) is 0 Å². The quantitative estimate of drug-likeness (QED) is 0.881. The first-order valence-electron chi connectivity index (χ1n) is 6.44. The fraction of sp³-hybridized carbons (Fsp3) is 0.429. The molecule has 1 unspecified atom stereocenters. The number of aromatic nitrogens is 3. The van der Waals surface area contributed by atoms with E-state index in [2.05, 4.69) is 21.7 Å². The van der Waals surface area contributed by atoms with Crippen LogP contribution in [0.1, 0.15) is 42.9 Å². The van der Waals surface area contributed by atoms with E-state index in [4.69, 9.17) is 0 Å². The van der Waals surface area contributed by atoms with Crippen molar-refractivity contribution in [1.82, 2.24) is 14.8 Å². The molecular weight excluding hydrogens is 226 g/mol. The molecule has 0 saturated heterocycles. The monoisotopic (exact) mass is 243 g/mol. The van der Waals surface area contributed by atoms with Gasteiger partial charge in [0.2, 0.25) is 0 Å². The molecule has 4 heteroatoms. The maximum absolute atomic E-state index is 9.81. The van der Waals surface area contributed by atoms with Crippen LogP contribution in [0.15, 0.2) is 24.3 Å². The number of hydrogen-bond donors (Lipinski definition) is 1. The third-order valence-corrected chi connectivity index (χ3v) is 3.66. The van der Waals surface area contributed by atoms with Crippen molar-refractivity contribution in [3.8, 4) is 5.75 Å². The average molecular weight is 243 g/mol. The first-order chi connectivity index (χ1) is 8.75. The number of phenolic OH excluding ortho intramolecular Hbond substituents is 1. The van der Waals surface area contributed by atoms with Gasteiger partial charge < -0.3 is 9.67 Å². The van der Waals surface area contributed by atoms with Crippen LogP contribution in [-0.4, -0.2) is 19.9 Å². The highest BCUT2D eigenvalue weighted by atomic mass is 16.3. The molecular formula is C14H17N3O. The Hall–Kier alpha value is -1.84. The Balaban J connectivity index is 1.92. The number of aromatic hydroxyl groups is 1. The van der Waals surface area contributed by atoms with Gasteiger partial charge in [0.1, 0.15) is 17.4 Å². The summed E-state index contributed by atoms with van der Waals surface area (Å²) in [7, 11) is 0. The van der Waals surface area contributed by atoms with Crippen molar-refractivity contribution in [3.63, 3.8) is 0 Å². The van der Waals surface area contributed by atoms with Crippen LogP contribution in [0.2, 0.25) is 0 Å². The lowest BCUT2D eigenvalue weighted by Crippen LogP contribution is -2.16.